The van der Waals surface area contributed by atoms with Gasteiger partial charge in [-0.05, 0) is 25.0 Å². The maximum Gasteiger partial charge on any atom is 0.181 e. The Hall–Kier alpha value is -1.92. The molecule has 108 valence electrons. The maximum atomic E-state index is 6.21. The molecule has 3 rings (SSSR count). The number of imidazole rings is 1. The van der Waals surface area contributed by atoms with Crippen molar-refractivity contribution in [1.82, 2.24) is 19.9 Å². The van der Waals surface area contributed by atoms with Crippen molar-refractivity contribution in [2.75, 3.05) is 0 Å². The second-order valence-electron chi connectivity index (χ2n) is 5.03. The van der Waals surface area contributed by atoms with Crippen molar-refractivity contribution < 1.29 is 0 Å². The zero-order valence-corrected chi connectivity index (χ0v) is 12.8. The molecule has 0 amide bonds. The van der Waals surface area contributed by atoms with Crippen LogP contribution < -0.4 is 5.73 Å². The Bertz CT molecular complexity index is 752. The molecule has 0 saturated heterocycles. The Morgan fingerprint density at radius 2 is 2.00 bits per heavy atom. The van der Waals surface area contributed by atoms with Crippen LogP contribution in [0.1, 0.15) is 23.3 Å². The van der Waals surface area contributed by atoms with Crippen molar-refractivity contribution in [3.8, 4) is 0 Å². The van der Waals surface area contributed by atoms with Crippen molar-refractivity contribution in [2.45, 2.75) is 30.2 Å². The Morgan fingerprint density at radius 1 is 1.19 bits per heavy atom. The fourth-order valence-electron chi connectivity index (χ4n) is 2.31. The lowest BCUT2D eigenvalue weighted by Gasteiger charge is -2.22. The van der Waals surface area contributed by atoms with Crippen LogP contribution in [0.4, 0.5) is 0 Å². The number of hydrogen-bond donors (Lipinski definition) is 2. The minimum Gasteiger partial charge on any atom is -0.341 e. The van der Waals surface area contributed by atoms with Gasteiger partial charge in [0.1, 0.15) is 16.9 Å². The molecule has 2 heterocycles. The van der Waals surface area contributed by atoms with E-state index in [-0.39, 0.29) is 11.3 Å². The van der Waals surface area contributed by atoms with Crippen molar-refractivity contribution in [2.24, 2.45) is 5.73 Å². The smallest absolute Gasteiger partial charge is 0.181 e. The summed E-state index contributed by atoms with van der Waals surface area (Å²) < 4.78 is 0. The highest BCUT2D eigenvalue weighted by atomic mass is 32.2. The van der Waals surface area contributed by atoms with Gasteiger partial charge in [0.05, 0.1) is 11.6 Å². The molecule has 21 heavy (non-hydrogen) atoms. The number of nitrogens with two attached hydrogens (primary N) is 1. The highest BCUT2D eigenvalue weighted by Gasteiger charge is 2.21. The second kappa shape index (κ2) is 5.83. The number of fused-ring (bicyclic) bond motifs is 1. The topological polar surface area (TPSA) is 80.5 Å². The number of thioether (sulfide) groups is 1. The Balaban J connectivity index is 2.00. The average molecular weight is 299 g/mol. The maximum absolute atomic E-state index is 6.21. The van der Waals surface area contributed by atoms with Gasteiger partial charge in [-0.25, -0.2) is 15.0 Å². The first kappa shape index (κ1) is 14.0. The van der Waals surface area contributed by atoms with E-state index in [9.17, 15) is 0 Å². The highest BCUT2D eigenvalue weighted by molar-refractivity contribution is 7.99. The fraction of sp³-hybridized carbons (Fsp3) is 0.267. The lowest BCUT2D eigenvalue weighted by molar-refractivity contribution is 0.717. The minimum atomic E-state index is 0.00374. The van der Waals surface area contributed by atoms with Crippen LogP contribution >= 0.6 is 11.8 Å². The van der Waals surface area contributed by atoms with Gasteiger partial charge >= 0.3 is 0 Å². The number of hydrogen-bond acceptors (Lipinski definition) is 5. The quantitative estimate of drug-likeness (QED) is 0.572. The summed E-state index contributed by atoms with van der Waals surface area (Å²) in [5.41, 5.74) is 10.2. The van der Waals surface area contributed by atoms with Crippen molar-refractivity contribution in [3.63, 3.8) is 0 Å². The van der Waals surface area contributed by atoms with Gasteiger partial charge in [0.2, 0.25) is 0 Å². The molecule has 5 nitrogen and oxygen atoms in total. The monoisotopic (exact) mass is 299 g/mol. The summed E-state index contributed by atoms with van der Waals surface area (Å²) in [5.74, 6) is 0. The van der Waals surface area contributed by atoms with Gasteiger partial charge in [-0.3, -0.25) is 0 Å². The molecule has 0 fully saturated rings. The third-order valence-corrected chi connectivity index (χ3v) is 4.87. The number of nitrogens with zero attached hydrogens (tertiary/aromatic N) is 3. The number of H-pyrrole nitrogens is 1. The predicted molar refractivity (Wildman–Crippen MR) is 85.1 cm³/mol. The van der Waals surface area contributed by atoms with Crippen LogP contribution in [-0.4, -0.2) is 26.0 Å². The molecule has 0 aliphatic rings. The van der Waals surface area contributed by atoms with E-state index >= 15 is 0 Å². The van der Waals surface area contributed by atoms with E-state index in [1.807, 2.05) is 19.1 Å². The minimum absolute atomic E-state index is 0.00374. The third-order valence-electron chi connectivity index (χ3n) is 3.40. The molecule has 1 aromatic carbocycles. The summed E-state index contributed by atoms with van der Waals surface area (Å²) in [4.78, 5) is 15.8. The third kappa shape index (κ3) is 2.77. The molecule has 3 N–H and O–H groups in total. The summed E-state index contributed by atoms with van der Waals surface area (Å²) in [6, 6.07) is 8.33. The molecule has 0 aliphatic carbocycles. The SMILES string of the molecule is Cc1ccccc1C(Sc1ncnc2nc[nH]c12)C(C)N. The summed E-state index contributed by atoms with van der Waals surface area (Å²) in [6.45, 7) is 4.13. The fourth-order valence-corrected chi connectivity index (χ4v) is 3.54. The van der Waals surface area contributed by atoms with E-state index < -0.39 is 0 Å². The molecule has 3 aromatic rings. The Labute approximate surface area is 127 Å². The normalized spacial score (nSPS) is 14.2. The summed E-state index contributed by atoms with van der Waals surface area (Å²) in [6.07, 6.45) is 3.18. The lowest BCUT2D eigenvalue weighted by atomic mass is 10.0. The van der Waals surface area contributed by atoms with Crippen LogP contribution in [-0.2, 0) is 0 Å². The largest absolute Gasteiger partial charge is 0.341 e. The first-order chi connectivity index (χ1) is 10.2. The van der Waals surface area contributed by atoms with Gasteiger partial charge < -0.3 is 10.7 Å². The molecule has 6 heteroatoms. The summed E-state index contributed by atoms with van der Waals surface area (Å²) >= 11 is 1.65. The highest BCUT2D eigenvalue weighted by Crippen LogP contribution is 2.39. The van der Waals surface area contributed by atoms with E-state index in [0.717, 1.165) is 10.5 Å². The van der Waals surface area contributed by atoms with E-state index in [1.54, 1.807) is 24.4 Å². The standard InChI is InChI=1S/C15H17N5S/c1-9-5-3-4-6-11(9)13(10(2)16)21-15-12-14(18-7-17-12)19-8-20-15/h3-8,10,13H,16H2,1-2H3,(H,17,18,19,20). The second-order valence-corrected chi connectivity index (χ2v) is 6.16. The van der Waals surface area contributed by atoms with E-state index in [0.29, 0.717) is 5.65 Å². The molecule has 0 spiro atoms. The number of aromatic amines is 1. The average Bonchev–Trinajstić information content (AvgIpc) is 2.94. The van der Waals surface area contributed by atoms with Crippen molar-refractivity contribution in [1.29, 1.82) is 0 Å². The van der Waals surface area contributed by atoms with Crippen LogP contribution in [0, 0.1) is 6.92 Å². The van der Waals surface area contributed by atoms with Gasteiger partial charge in [0.25, 0.3) is 0 Å². The predicted octanol–water partition coefficient (Wildman–Crippen LogP) is 2.84. The first-order valence-corrected chi connectivity index (χ1v) is 7.66. The van der Waals surface area contributed by atoms with E-state index in [1.165, 1.54) is 11.1 Å². The Morgan fingerprint density at radius 3 is 2.76 bits per heavy atom. The van der Waals surface area contributed by atoms with E-state index in [4.69, 9.17) is 5.73 Å². The molecular formula is C15H17N5S. The molecule has 0 radical (unpaired) electrons. The van der Waals surface area contributed by atoms with Gasteiger partial charge in [-0.2, -0.15) is 0 Å². The molecule has 2 atom stereocenters. The van der Waals surface area contributed by atoms with Crippen LogP contribution in [0.5, 0.6) is 0 Å². The molecule has 2 unspecified atom stereocenters. The number of benzene rings is 1. The first-order valence-electron chi connectivity index (χ1n) is 6.78. The van der Waals surface area contributed by atoms with Gasteiger partial charge in [0.15, 0.2) is 5.65 Å². The van der Waals surface area contributed by atoms with Crippen LogP contribution in [0.3, 0.4) is 0 Å². The number of aryl methyl sites for hydroxylation is 1. The van der Waals surface area contributed by atoms with E-state index in [2.05, 4.69) is 39.0 Å². The van der Waals surface area contributed by atoms with Crippen molar-refractivity contribution >= 4 is 22.9 Å². The summed E-state index contributed by atoms with van der Waals surface area (Å²) in [7, 11) is 0. The van der Waals surface area contributed by atoms with Crippen molar-refractivity contribution in [3.05, 3.63) is 48.0 Å². The van der Waals surface area contributed by atoms with Crippen LogP contribution in [0.2, 0.25) is 0 Å². The molecule has 0 saturated carbocycles. The van der Waals surface area contributed by atoms with Gasteiger partial charge in [-0.1, -0.05) is 36.0 Å². The number of rotatable bonds is 4. The molecule has 2 aromatic heterocycles. The molecule has 0 bridgehead atoms. The van der Waals surface area contributed by atoms with Crippen LogP contribution in [0.25, 0.3) is 11.2 Å². The zero-order valence-electron chi connectivity index (χ0n) is 11.9. The summed E-state index contributed by atoms with van der Waals surface area (Å²) in [5, 5.41) is 1.01. The van der Waals surface area contributed by atoms with Gasteiger partial charge in [-0.15, -0.1) is 0 Å². The number of nitrogens with one attached hydrogen (secondary N) is 1. The van der Waals surface area contributed by atoms with Gasteiger partial charge in [0, 0.05) is 6.04 Å². The Kier molecular flexibility index (Phi) is 3.90. The lowest BCUT2D eigenvalue weighted by Crippen LogP contribution is -2.23. The van der Waals surface area contributed by atoms with Crippen LogP contribution in [0.15, 0.2) is 41.9 Å². The molecular weight excluding hydrogens is 282 g/mol. The molecule has 0 aliphatic heterocycles. The number of aromatic nitrogens is 4. The zero-order chi connectivity index (χ0) is 14.8.